The maximum atomic E-state index is 12.1. The van der Waals surface area contributed by atoms with Gasteiger partial charge in [-0.05, 0) is 43.4 Å². The van der Waals surface area contributed by atoms with Gasteiger partial charge in [0.25, 0.3) is 11.5 Å². The first-order chi connectivity index (χ1) is 10.1. The first kappa shape index (κ1) is 13.6. The molecule has 0 aliphatic heterocycles. The van der Waals surface area contributed by atoms with Gasteiger partial charge in [0, 0.05) is 11.7 Å². The van der Waals surface area contributed by atoms with Gasteiger partial charge in [-0.15, -0.1) is 0 Å². The van der Waals surface area contributed by atoms with E-state index in [4.69, 9.17) is 0 Å². The lowest BCUT2D eigenvalue weighted by atomic mass is 10.1. The van der Waals surface area contributed by atoms with E-state index in [1.54, 1.807) is 12.1 Å². The first-order valence-electron chi connectivity index (χ1n) is 7.25. The second kappa shape index (κ2) is 5.56. The van der Waals surface area contributed by atoms with Gasteiger partial charge in [-0.2, -0.15) is 0 Å². The number of aromatic amines is 1. The SMILES string of the molecule is C[C@@H](NC(=O)c1ccc(-c2ccccc2)[nH]c1=O)C1CC1. The largest absolute Gasteiger partial charge is 0.349 e. The summed E-state index contributed by atoms with van der Waals surface area (Å²) < 4.78 is 0. The minimum Gasteiger partial charge on any atom is -0.349 e. The Hall–Kier alpha value is -2.36. The number of carbonyl (C=O) groups is 1. The number of amides is 1. The lowest BCUT2D eigenvalue weighted by Gasteiger charge is -2.12. The van der Waals surface area contributed by atoms with Crippen LogP contribution in [0.1, 0.15) is 30.1 Å². The van der Waals surface area contributed by atoms with Crippen molar-refractivity contribution in [2.75, 3.05) is 0 Å². The lowest BCUT2D eigenvalue weighted by Crippen LogP contribution is -2.37. The van der Waals surface area contributed by atoms with Crippen molar-refractivity contribution in [3.05, 3.63) is 58.4 Å². The molecule has 1 aliphatic carbocycles. The van der Waals surface area contributed by atoms with Crippen LogP contribution in [0, 0.1) is 5.92 Å². The number of H-pyrrole nitrogens is 1. The minimum absolute atomic E-state index is 0.130. The zero-order valence-electron chi connectivity index (χ0n) is 11.9. The molecule has 0 radical (unpaired) electrons. The number of carbonyl (C=O) groups excluding carboxylic acids is 1. The average Bonchev–Trinajstić information content (AvgIpc) is 3.32. The van der Waals surface area contributed by atoms with Crippen LogP contribution in [0.2, 0.25) is 0 Å². The number of rotatable bonds is 4. The van der Waals surface area contributed by atoms with Crippen LogP contribution in [0.5, 0.6) is 0 Å². The number of pyridine rings is 1. The summed E-state index contributed by atoms with van der Waals surface area (Å²) >= 11 is 0. The van der Waals surface area contributed by atoms with Gasteiger partial charge in [0.05, 0.1) is 0 Å². The summed E-state index contributed by atoms with van der Waals surface area (Å²) in [5, 5.41) is 2.90. The Morgan fingerprint density at radius 3 is 2.52 bits per heavy atom. The Balaban J connectivity index is 1.81. The maximum Gasteiger partial charge on any atom is 0.261 e. The quantitative estimate of drug-likeness (QED) is 0.905. The highest BCUT2D eigenvalue weighted by molar-refractivity contribution is 5.94. The monoisotopic (exact) mass is 282 g/mol. The average molecular weight is 282 g/mol. The van der Waals surface area contributed by atoms with E-state index >= 15 is 0 Å². The molecule has 1 saturated carbocycles. The molecule has 108 valence electrons. The molecule has 1 atom stereocenters. The molecule has 2 aromatic rings. The summed E-state index contributed by atoms with van der Waals surface area (Å²) in [6.07, 6.45) is 2.31. The fourth-order valence-electron chi connectivity index (χ4n) is 2.44. The van der Waals surface area contributed by atoms with Crippen LogP contribution < -0.4 is 10.9 Å². The standard InChI is InChI=1S/C17H18N2O2/c1-11(12-7-8-12)18-16(20)14-9-10-15(19-17(14)21)13-5-3-2-4-6-13/h2-6,9-12H,7-8H2,1H3,(H,18,20)(H,19,21)/t11-/m1/s1. The van der Waals surface area contributed by atoms with Gasteiger partial charge >= 0.3 is 0 Å². The van der Waals surface area contributed by atoms with Gasteiger partial charge in [-0.3, -0.25) is 9.59 Å². The predicted molar refractivity (Wildman–Crippen MR) is 82.2 cm³/mol. The molecule has 1 heterocycles. The Morgan fingerprint density at radius 1 is 1.19 bits per heavy atom. The van der Waals surface area contributed by atoms with Gasteiger partial charge in [0.15, 0.2) is 0 Å². The van der Waals surface area contributed by atoms with E-state index in [0.717, 1.165) is 18.4 Å². The third kappa shape index (κ3) is 3.05. The van der Waals surface area contributed by atoms with Crippen LogP contribution in [-0.4, -0.2) is 16.9 Å². The molecule has 0 bridgehead atoms. The van der Waals surface area contributed by atoms with Crippen LogP contribution in [0.15, 0.2) is 47.3 Å². The fraction of sp³-hybridized carbons (Fsp3) is 0.294. The van der Waals surface area contributed by atoms with E-state index in [-0.39, 0.29) is 23.1 Å². The third-order valence-electron chi connectivity index (χ3n) is 3.93. The molecule has 0 spiro atoms. The molecule has 1 aromatic carbocycles. The van der Waals surface area contributed by atoms with Gasteiger partial charge < -0.3 is 10.3 Å². The van der Waals surface area contributed by atoms with E-state index in [2.05, 4.69) is 10.3 Å². The highest BCUT2D eigenvalue weighted by Crippen LogP contribution is 2.32. The van der Waals surface area contributed by atoms with Crippen LogP contribution in [0.4, 0.5) is 0 Å². The lowest BCUT2D eigenvalue weighted by molar-refractivity contribution is 0.0934. The molecular weight excluding hydrogens is 264 g/mol. The van der Waals surface area contributed by atoms with Crippen LogP contribution in [-0.2, 0) is 0 Å². The van der Waals surface area contributed by atoms with E-state index in [9.17, 15) is 9.59 Å². The van der Waals surface area contributed by atoms with Gasteiger partial charge in [0.2, 0.25) is 0 Å². The normalized spacial score (nSPS) is 15.5. The van der Waals surface area contributed by atoms with Crippen molar-refractivity contribution in [1.82, 2.24) is 10.3 Å². The highest BCUT2D eigenvalue weighted by Gasteiger charge is 2.29. The van der Waals surface area contributed by atoms with Gasteiger partial charge in [-0.1, -0.05) is 30.3 Å². The number of hydrogen-bond donors (Lipinski definition) is 2. The van der Waals surface area contributed by atoms with Crippen molar-refractivity contribution in [3.8, 4) is 11.3 Å². The van der Waals surface area contributed by atoms with Crippen molar-refractivity contribution in [3.63, 3.8) is 0 Å². The Labute approximate surface area is 123 Å². The Bertz CT molecular complexity index is 702. The molecule has 1 aromatic heterocycles. The molecule has 1 aliphatic rings. The Morgan fingerprint density at radius 2 is 1.90 bits per heavy atom. The zero-order chi connectivity index (χ0) is 14.8. The Kier molecular flexibility index (Phi) is 3.60. The molecule has 4 nitrogen and oxygen atoms in total. The number of nitrogens with one attached hydrogen (secondary N) is 2. The molecule has 2 N–H and O–H groups in total. The molecule has 0 unspecified atom stereocenters. The summed E-state index contributed by atoms with van der Waals surface area (Å²) in [5.41, 5.74) is 1.46. The second-order valence-corrected chi connectivity index (χ2v) is 5.58. The minimum atomic E-state index is -0.350. The summed E-state index contributed by atoms with van der Waals surface area (Å²) in [6.45, 7) is 1.99. The molecule has 4 heteroatoms. The second-order valence-electron chi connectivity index (χ2n) is 5.58. The molecule has 3 rings (SSSR count). The fourth-order valence-corrected chi connectivity index (χ4v) is 2.44. The summed E-state index contributed by atoms with van der Waals surface area (Å²) in [4.78, 5) is 27.0. The molecule has 1 fully saturated rings. The zero-order valence-corrected chi connectivity index (χ0v) is 11.9. The predicted octanol–water partition coefficient (Wildman–Crippen LogP) is 2.57. The number of hydrogen-bond acceptors (Lipinski definition) is 2. The van der Waals surface area contributed by atoms with Gasteiger partial charge in [0.1, 0.15) is 5.56 Å². The topological polar surface area (TPSA) is 62.0 Å². The maximum absolute atomic E-state index is 12.1. The summed E-state index contributed by atoms with van der Waals surface area (Å²) in [6, 6.07) is 13.1. The van der Waals surface area contributed by atoms with Crippen LogP contribution in [0.3, 0.4) is 0 Å². The van der Waals surface area contributed by atoms with E-state index in [1.165, 1.54) is 0 Å². The summed E-state index contributed by atoms with van der Waals surface area (Å²) in [7, 11) is 0. The van der Waals surface area contributed by atoms with Crippen LogP contribution >= 0.6 is 0 Å². The van der Waals surface area contributed by atoms with Crippen molar-refractivity contribution in [2.45, 2.75) is 25.8 Å². The number of benzene rings is 1. The highest BCUT2D eigenvalue weighted by atomic mass is 16.2. The molecule has 1 amide bonds. The number of aromatic nitrogens is 1. The van der Waals surface area contributed by atoms with Gasteiger partial charge in [-0.25, -0.2) is 0 Å². The van der Waals surface area contributed by atoms with Crippen molar-refractivity contribution in [2.24, 2.45) is 5.92 Å². The first-order valence-corrected chi connectivity index (χ1v) is 7.25. The summed E-state index contributed by atoms with van der Waals surface area (Å²) in [5.74, 6) is 0.270. The molecule has 21 heavy (non-hydrogen) atoms. The van der Waals surface area contributed by atoms with E-state index in [1.807, 2.05) is 37.3 Å². The smallest absolute Gasteiger partial charge is 0.261 e. The molecular formula is C17H18N2O2. The van der Waals surface area contributed by atoms with Crippen molar-refractivity contribution < 1.29 is 4.79 Å². The van der Waals surface area contributed by atoms with Crippen molar-refractivity contribution in [1.29, 1.82) is 0 Å². The van der Waals surface area contributed by atoms with Crippen molar-refractivity contribution >= 4 is 5.91 Å². The third-order valence-corrected chi connectivity index (χ3v) is 3.93. The van der Waals surface area contributed by atoms with E-state index in [0.29, 0.717) is 11.6 Å². The van der Waals surface area contributed by atoms with Crippen LogP contribution in [0.25, 0.3) is 11.3 Å². The van der Waals surface area contributed by atoms with E-state index < -0.39 is 0 Å². The molecule has 0 saturated heterocycles.